The molecule has 0 aromatic rings. The third-order valence-corrected chi connectivity index (χ3v) is 12.9. The van der Waals surface area contributed by atoms with Crippen molar-refractivity contribution in [1.82, 2.24) is 0 Å². The normalized spacial score (nSPS) is 56.7. The van der Waals surface area contributed by atoms with Gasteiger partial charge in [0.05, 0.1) is 12.2 Å². The molecule has 0 amide bonds. The molecule has 0 heterocycles. The van der Waals surface area contributed by atoms with Crippen molar-refractivity contribution in [1.29, 1.82) is 0 Å². The molecule has 5 aliphatic rings. The first kappa shape index (κ1) is 23.4. The summed E-state index contributed by atoms with van der Waals surface area (Å²) in [4.78, 5) is 0. The van der Waals surface area contributed by atoms with Crippen LogP contribution >= 0.6 is 0 Å². The maximum atomic E-state index is 11.8. The smallest absolute Gasteiger partial charge is 0.0614 e. The molecular formula is C30H50O2. The van der Waals surface area contributed by atoms with Crippen molar-refractivity contribution >= 4 is 0 Å². The first-order valence-electron chi connectivity index (χ1n) is 13.8. The molecule has 182 valence electrons. The summed E-state index contributed by atoms with van der Waals surface area (Å²) < 4.78 is 0. The van der Waals surface area contributed by atoms with E-state index in [0.29, 0.717) is 29.1 Å². The third-order valence-electron chi connectivity index (χ3n) is 12.9. The summed E-state index contributed by atoms with van der Waals surface area (Å²) in [5.41, 5.74) is 2.65. The minimum atomic E-state index is -0.224. The lowest BCUT2D eigenvalue weighted by atomic mass is 9.35. The molecule has 0 saturated heterocycles. The minimum Gasteiger partial charge on any atom is -0.393 e. The Labute approximate surface area is 197 Å². The summed E-state index contributed by atoms with van der Waals surface area (Å²) >= 11 is 0. The molecule has 2 N–H and O–H groups in total. The number of aliphatic hydroxyl groups is 2. The van der Waals surface area contributed by atoms with Crippen LogP contribution in [0.25, 0.3) is 0 Å². The highest BCUT2D eigenvalue weighted by Crippen LogP contribution is 2.76. The minimum absolute atomic E-state index is 0.113. The van der Waals surface area contributed by atoms with Crippen molar-refractivity contribution in [3.05, 3.63) is 11.6 Å². The van der Waals surface area contributed by atoms with Crippen molar-refractivity contribution in [2.75, 3.05) is 0 Å². The summed E-state index contributed by atoms with van der Waals surface area (Å²) in [6.07, 6.45) is 11.6. The molecule has 5 aliphatic carbocycles. The van der Waals surface area contributed by atoms with Gasteiger partial charge in [-0.3, -0.25) is 0 Å². The fourth-order valence-electron chi connectivity index (χ4n) is 11.4. The Hall–Kier alpha value is -0.340. The van der Waals surface area contributed by atoms with Gasteiger partial charge in [0.2, 0.25) is 0 Å². The summed E-state index contributed by atoms with van der Waals surface area (Å²) in [7, 11) is 0. The molecule has 0 aromatic carbocycles. The number of fused-ring (bicyclic) bond motifs is 7. The Morgan fingerprint density at radius 1 is 0.812 bits per heavy atom. The molecule has 5 rings (SSSR count). The lowest BCUT2D eigenvalue weighted by molar-refractivity contribution is -0.183. The first-order chi connectivity index (χ1) is 14.7. The molecule has 32 heavy (non-hydrogen) atoms. The highest BCUT2D eigenvalue weighted by Gasteiger charge is 2.70. The highest BCUT2D eigenvalue weighted by molar-refractivity contribution is 5.34. The zero-order valence-electron chi connectivity index (χ0n) is 22.2. The van der Waals surface area contributed by atoms with Crippen LogP contribution in [0.4, 0.5) is 0 Å². The van der Waals surface area contributed by atoms with Gasteiger partial charge in [0.1, 0.15) is 0 Å². The van der Waals surface area contributed by atoms with E-state index in [1.807, 2.05) is 0 Å². The van der Waals surface area contributed by atoms with Crippen LogP contribution < -0.4 is 0 Å². The van der Waals surface area contributed by atoms with Crippen LogP contribution in [0.2, 0.25) is 0 Å². The van der Waals surface area contributed by atoms with Crippen LogP contribution in [0.3, 0.4) is 0 Å². The van der Waals surface area contributed by atoms with Gasteiger partial charge in [-0.1, -0.05) is 73.5 Å². The van der Waals surface area contributed by atoms with Crippen LogP contribution in [0.5, 0.6) is 0 Å². The largest absolute Gasteiger partial charge is 0.393 e. The molecule has 0 aliphatic heterocycles. The maximum Gasteiger partial charge on any atom is 0.0614 e. The van der Waals surface area contributed by atoms with Crippen LogP contribution in [0, 0.1) is 56.7 Å². The summed E-state index contributed by atoms with van der Waals surface area (Å²) in [6.45, 7) is 19.7. The molecule has 0 bridgehead atoms. The van der Waals surface area contributed by atoms with E-state index in [0.717, 1.165) is 19.3 Å². The quantitative estimate of drug-likeness (QED) is 0.429. The van der Waals surface area contributed by atoms with E-state index in [-0.39, 0.29) is 39.8 Å². The van der Waals surface area contributed by atoms with Crippen LogP contribution in [0.1, 0.15) is 107 Å². The summed E-state index contributed by atoms with van der Waals surface area (Å²) in [6, 6.07) is 0. The Morgan fingerprint density at radius 3 is 2.12 bits per heavy atom. The van der Waals surface area contributed by atoms with Crippen LogP contribution in [-0.2, 0) is 0 Å². The lowest BCUT2D eigenvalue weighted by Crippen LogP contribution is -2.64. The number of hydrogen-bond acceptors (Lipinski definition) is 2. The number of hydrogen-bond donors (Lipinski definition) is 2. The monoisotopic (exact) mass is 442 g/mol. The topological polar surface area (TPSA) is 40.5 Å². The second-order valence-electron chi connectivity index (χ2n) is 14.9. The van der Waals surface area contributed by atoms with Gasteiger partial charge in [-0.25, -0.2) is 0 Å². The predicted molar refractivity (Wildman–Crippen MR) is 132 cm³/mol. The van der Waals surface area contributed by atoms with E-state index in [1.54, 1.807) is 5.57 Å². The number of allylic oxidation sites excluding steroid dienone is 1. The van der Waals surface area contributed by atoms with Crippen LogP contribution in [0.15, 0.2) is 11.6 Å². The van der Waals surface area contributed by atoms with E-state index >= 15 is 0 Å². The molecule has 0 radical (unpaired) electrons. The fourth-order valence-corrected chi connectivity index (χ4v) is 11.4. The highest BCUT2D eigenvalue weighted by atomic mass is 16.3. The molecule has 0 spiro atoms. The number of aliphatic hydroxyl groups excluding tert-OH is 2. The van der Waals surface area contributed by atoms with Gasteiger partial charge in [-0.05, 0) is 95.7 Å². The zero-order chi connectivity index (χ0) is 23.5. The SMILES string of the molecule is CC(C)C1C(O)CC2C1(C)CCC1(C)C3C(=CCC21C)C1(C)CCCC(C)(C)C1CC3O. The van der Waals surface area contributed by atoms with Gasteiger partial charge < -0.3 is 10.2 Å². The molecule has 0 aromatic heterocycles. The molecule has 4 saturated carbocycles. The van der Waals surface area contributed by atoms with Crippen molar-refractivity contribution in [2.24, 2.45) is 56.7 Å². The first-order valence-corrected chi connectivity index (χ1v) is 13.8. The van der Waals surface area contributed by atoms with Gasteiger partial charge >= 0.3 is 0 Å². The van der Waals surface area contributed by atoms with Crippen molar-refractivity contribution in [3.63, 3.8) is 0 Å². The lowest BCUT2D eigenvalue weighted by Gasteiger charge is -2.69. The third kappa shape index (κ3) is 2.66. The van der Waals surface area contributed by atoms with Gasteiger partial charge in [0, 0.05) is 5.92 Å². The van der Waals surface area contributed by atoms with Crippen molar-refractivity contribution in [2.45, 2.75) is 119 Å². The Kier molecular flexibility index (Phi) is 5.02. The van der Waals surface area contributed by atoms with Gasteiger partial charge in [0.15, 0.2) is 0 Å². The molecule has 2 nitrogen and oxygen atoms in total. The standard InChI is InChI=1S/C30H50O2/c1-18(2)24-20(31)17-23-28(24,6)14-15-30(8)25-19(10-13-29(23,30)7)27(5)12-9-11-26(3,4)22(27)16-21(25)32/h10,18,20-25,31-32H,9,11-17H2,1-8H3. The number of rotatable bonds is 1. The molecule has 2 heteroatoms. The van der Waals surface area contributed by atoms with Crippen molar-refractivity contribution in [3.8, 4) is 0 Å². The maximum absolute atomic E-state index is 11.8. The zero-order valence-corrected chi connectivity index (χ0v) is 22.2. The Morgan fingerprint density at radius 2 is 1.47 bits per heavy atom. The van der Waals surface area contributed by atoms with E-state index in [9.17, 15) is 10.2 Å². The van der Waals surface area contributed by atoms with E-state index in [2.05, 4.69) is 61.5 Å². The summed E-state index contributed by atoms with van der Waals surface area (Å²) in [5, 5.41) is 23.0. The van der Waals surface area contributed by atoms with Gasteiger partial charge in [-0.15, -0.1) is 0 Å². The van der Waals surface area contributed by atoms with Crippen LogP contribution in [-0.4, -0.2) is 22.4 Å². The Balaban J connectivity index is 1.60. The molecular weight excluding hydrogens is 392 g/mol. The predicted octanol–water partition coefficient (Wildman–Crippen LogP) is 7.00. The van der Waals surface area contributed by atoms with Crippen molar-refractivity contribution < 1.29 is 10.2 Å². The average Bonchev–Trinajstić information content (AvgIpc) is 2.96. The van der Waals surface area contributed by atoms with E-state index in [1.165, 1.54) is 32.1 Å². The molecule has 10 atom stereocenters. The molecule has 4 fully saturated rings. The van der Waals surface area contributed by atoms with E-state index < -0.39 is 0 Å². The second kappa shape index (κ2) is 6.87. The average molecular weight is 443 g/mol. The van der Waals surface area contributed by atoms with Gasteiger partial charge in [-0.2, -0.15) is 0 Å². The second-order valence-corrected chi connectivity index (χ2v) is 14.9. The molecule has 10 unspecified atom stereocenters. The Bertz CT molecular complexity index is 812. The fraction of sp³-hybridized carbons (Fsp3) is 0.933. The van der Waals surface area contributed by atoms with Gasteiger partial charge in [0.25, 0.3) is 0 Å². The summed E-state index contributed by atoms with van der Waals surface area (Å²) in [5.74, 6) is 2.33. The van der Waals surface area contributed by atoms with E-state index in [4.69, 9.17) is 0 Å².